The molecular formula is C19H30N4O2. The SMILES string of the molecule is CCCCOc1ncccc1CN=C(NCC)NC1CC2CCC1O2. The van der Waals surface area contributed by atoms with E-state index >= 15 is 0 Å². The van der Waals surface area contributed by atoms with Gasteiger partial charge in [0.15, 0.2) is 5.96 Å². The molecule has 0 aromatic carbocycles. The Morgan fingerprint density at radius 1 is 1.40 bits per heavy atom. The van der Waals surface area contributed by atoms with Gasteiger partial charge in [-0.3, -0.25) is 0 Å². The molecule has 0 amide bonds. The summed E-state index contributed by atoms with van der Waals surface area (Å²) in [5.41, 5.74) is 1.01. The van der Waals surface area contributed by atoms with Crippen molar-refractivity contribution in [2.24, 2.45) is 4.99 Å². The van der Waals surface area contributed by atoms with E-state index in [1.165, 1.54) is 6.42 Å². The molecule has 2 fully saturated rings. The number of aromatic nitrogens is 1. The first-order chi connectivity index (χ1) is 12.3. The second-order valence-corrected chi connectivity index (χ2v) is 6.73. The number of nitrogens with one attached hydrogen (secondary N) is 2. The molecule has 0 radical (unpaired) electrons. The highest BCUT2D eigenvalue weighted by Crippen LogP contribution is 2.34. The molecule has 2 N–H and O–H groups in total. The summed E-state index contributed by atoms with van der Waals surface area (Å²) in [5, 5.41) is 6.88. The fraction of sp³-hybridized carbons (Fsp3) is 0.684. The molecule has 2 bridgehead atoms. The van der Waals surface area contributed by atoms with E-state index in [4.69, 9.17) is 14.5 Å². The number of hydrogen-bond acceptors (Lipinski definition) is 4. The summed E-state index contributed by atoms with van der Waals surface area (Å²) in [6, 6.07) is 4.33. The highest BCUT2D eigenvalue weighted by atomic mass is 16.5. The summed E-state index contributed by atoms with van der Waals surface area (Å²) in [6.07, 6.45) is 8.11. The second kappa shape index (κ2) is 9.04. The number of ether oxygens (including phenoxy) is 2. The maximum absolute atomic E-state index is 5.93. The van der Waals surface area contributed by atoms with Crippen molar-refractivity contribution in [3.8, 4) is 5.88 Å². The zero-order chi connectivity index (χ0) is 17.5. The molecule has 3 atom stereocenters. The van der Waals surface area contributed by atoms with Gasteiger partial charge >= 0.3 is 0 Å². The van der Waals surface area contributed by atoms with E-state index in [1.54, 1.807) is 6.20 Å². The zero-order valence-corrected chi connectivity index (χ0v) is 15.3. The maximum Gasteiger partial charge on any atom is 0.218 e. The molecule has 2 saturated heterocycles. The van der Waals surface area contributed by atoms with Crippen LogP contribution in [0, 0.1) is 0 Å². The maximum atomic E-state index is 5.93. The van der Waals surface area contributed by atoms with Gasteiger partial charge < -0.3 is 20.1 Å². The van der Waals surface area contributed by atoms with Gasteiger partial charge in [-0.25, -0.2) is 9.98 Å². The zero-order valence-electron chi connectivity index (χ0n) is 15.3. The van der Waals surface area contributed by atoms with Crippen LogP contribution in [0.2, 0.25) is 0 Å². The standard InChI is InChI=1S/C19H30N4O2/c1-3-5-11-24-18-14(7-6-10-21-18)13-22-19(20-4-2)23-16-12-15-8-9-17(16)25-15/h6-7,10,15-17H,3-5,8-9,11-13H2,1-2H3,(H2,20,22,23). The fourth-order valence-corrected chi connectivity index (χ4v) is 3.44. The minimum Gasteiger partial charge on any atom is -0.477 e. The van der Waals surface area contributed by atoms with Crippen molar-refractivity contribution in [2.75, 3.05) is 13.2 Å². The van der Waals surface area contributed by atoms with E-state index in [0.717, 1.165) is 43.8 Å². The lowest BCUT2D eigenvalue weighted by Crippen LogP contribution is -2.47. The third-order valence-corrected chi connectivity index (χ3v) is 4.77. The molecular weight excluding hydrogens is 316 g/mol. The predicted molar refractivity (Wildman–Crippen MR) is 98.9 cm³/mol. The van der Waals surface area contributed by atoms with Crippen LogP contribution >= 0.6 is 0 Å². The average molecular weight is 346 g/mol. The molecule has 0 aliphatic carbocycles. The van der Waals surface area contributed by atoms with Gasteiger partial charge in [0.25, 0.3) is 0 Å². The van der Waals surface area contributed by atoms with Crippen LogP contribution in [0.4, 0.5) is 0 Å². The number of fused-ring (bicyclic) bond motifs is 2. The fourth-order valence-electron chi connectivity index (χ4n) is 3.44. The first-order valence-electron chi connectivity index (χ1n) is 9.57. The number of aliphatic imine (C=N–C) groups is 1. The van der Waals surface area contributed by atoms with E-state index in [0.29, 0.717) is 37.3 Å². The Kier molecular flexibility index (Phi) is 6.50. The molecule has 0 saturated carbocycles. The largest absolute Gasteiger partial charge is 0.477 e. The Hall–Kier alpha value is -1.82. The van der Waals surface area contributed by atoms with Gasteiger partial charge in [-0.05, 0) is 38.7 Å². The van der Waals surface area contributed by atoms with Crippen molar-refractivity contribution in [1.82, 2.24) is 15.6 Å². The third kappa shape index (κ3) is 4.84. The smallest absolute Gasteiger partial charge is 0.218 e. The van der Waals surface area contributed by atoms with E-state index < -0.39 is 0 Å². The quantitative estimate of drug-likeness (QED) is 0.430. The summed E-state index contributed by atoms with van der Waals surface area (Å²) < 4.78 is 11.7. The Morgan fingerprint density at radius 2 is 2.32 bits per heavy atom. The number of guanidine groups is 1. The van der Waals surface area contributed by atoms with Crippen LogP contribution in [-0.4, -0.2) is 42.3 Å². The van der Waals surface area contributed by atoms with E-state index in [1.807, 2.05) is 12.1 Å². The Balaban J connectivity index is 1.61. The van der Waals surface area contributed by atoms with Crippen LogP contribution in [0.1, 0.15) is 51.5 Å². The van der Waals surface area contributed by atoms with E-state index in [9.17, 15) is 0 Å². The van der Waals surface area contributed by atoms with Gasteiger partial charge in [0.2, 0.25) is 5.88 Å². The van der Waals surface area contributed by atoms with E-state index in [2.05, 4.69) is 29.5 Å². The van der Waals surface area contributed by atoms with Crippen LogP contribution in [0.25, 0.3) is 0 Å². The van der Waals surface area contributed by atoms with Gasteiger partial charge in [0, 0.05) is 18.3 Å². The van der Waals surface area contributed by atoms with Gasteiger partial charge in [-0.1, -0.05) is 19.4 Å². The molecule has 2 aliphatic rings. The van der Waals surface area contributed by atoms with Gasteiger partial charge in [0.1, 0.15) is 0 Å². The molecule has 1 aromatic heterocycles. The molecule has 6 heteroatoms. The van der Waals surface area contributed by atoms with Gasteiger partial charge in [-0.15, -0.1) is 0 Å². The normalized spacial score (nSPS) is 25.2. The topological polar surface area (TPSA) is 67.8 Å². The number of unbranched alkanes of at least 4 members (excludes halogenated alkanes) is 1. The lowest BCUT2D eigenvalue weighted by molar-refractivity contribution is 0.0992. The molecule has 0 spiro atoms. The second-order valence-electron chi connectivity index (χ2n) is 6.73. The minimum absolute atomic E-state index is 0.334. The molecule has 1 aromatic rings. The van der Waals surface area contributed by atoms with Crippen LogP contribution in [0.5, 0.6) is 5.88 Å². The van der Waals surface area contributed by atoms with Gasteiger partial charge in [-0.2, -0.15) is 0 Å². The summed E-state index contributed by atoms with van der Waals surface area (Å²) in [6.45, 7) is 6.32. The van der Waals surface area contributed by atoms with Crippen LogP contribution < -0.4 is 15.4 Å². The molecule has 2 aliphatic heterocycles. The molecule has 3 rings (SSSR count). The lowest BCUT2D eigenvalue weighted by atomic mass is 9.96. The average Bonchev–Trinajstić information content (AvgIpc) is 3.24. The highest BCUT2D eigenvalue weighted by molar-refractivity contribution is 5.80. The summed E-state index contributed by atoms with van der Waals surface area (Å²) in [5.74, 6) is 1.53. The Morgan fingerprint density at radius 3 is 3.04 bits per heavy atom. The molecule has 3 heterocycles. The predicted octanol–water partition coefficient (Wildman–Crippen LogP) is 2.64. The number of hydrogen-bond donors (Lipinski definition) is 2. The molecule has 6 nitrogen and oxygen atoms in total. The molecule has 25 heavy (non-hydrogen) atoms. The minimum atomic E-state index is 0.334. The lowest BCUT2D eigenvalue weighted by Gasteiger charge is -2.22. The van der Waals surface area contributed by atoms with E-state index in [-0.39, 0.29) is 0 Å². The highest BCUT2D eigenvalue weighted by Gasteiger charge is 2.41. The number of nitrogens with zero attached hydrogens (tertiary/aromatic N) is 2. The summed E-state index contributed by atoms with van der Waals surface area (Å²) >= 11 is 0. The van der Waals surface area contributed by atoms with Crippen molar-refractivity contribution in [3.05, 3.63) is 23.9 Å². The number of pyridine rings is 1. The van der Waals surface area contributed by atoms with Crippen molar-refractivity contribution in [2.45, 2.75) is 70.7 Å². The van der Waals surface area contributed by atoms with Crippen molar-refractivity contribution in [1.29, 1.82) is 0 Å². The van der Waals surface area contributed by atoms with Crippen LogP contribution in [0.3, 0.4) is 0 Å². The molecule has 138 valence electrons. The number of rotatable bonds is 8. The summed E-state index contributed by atoms with van der Waals surface area (Å²) in [7, 11) is 0. The van der Waals surface area contributed by atoms with Crippen LogP contribution in [0.15, 0.2) is 23.3 Å². The Labute approximate surface area is 150 Å². The van der Waals surface area contributed by atoms with Crippen molar-refractivity contribution < 1.29 is 9.47 Å². The Bertz CT molecular complexity index is 578. The molecule has 3 unspecified atom stereocenters. The first-order valence-corrected chi connectivity index (χ1v) is 9.57. The van der Waals surface area contributed by atoms with Gasteiger partial charge in [0.05, 0.1) is 31.4 Å². The summed E-state index contributed by atoms with van der Waals surface area (Å²) in [4.78, 5) is 9.10. The van der Waals surface area contributed by atoms with Crippen molar-refractivity contribution in [3.63, 3.8) is 0 Å². The van der Waals surface area contributed by atoms with Crippen molar-refractivity contribution >= 4 is 5.96 Å². The first kappa shape index (κ1) is 18.0. The van der Waals surface area contributed by atoms with Crippen LogP contribution in [-0.2, 0) is 11.3 Å². The third-order valence-electron chi connectivity index (χ3n) is 4.77. The monoisotopic (exact) mass is 346 g/mol.